The van der Waals surface area contributed by atoms with Crippen LogP contribution in [-0.2, 0) is 14.3 Å². The summed E-state index contributed by atoms with van der Waals surface area (Å²) in [6, 6.07) is 14.0. The molecule has 0 bridgehead atoms. The molecule has 0 radical (unpaired) electrons. The molecule has 3 atom stereocenters. The fraction of sp³-hybridized carbons (Fsp3) is 0.400. The number of nitrogens with zero attached hydrogens (tertiary/aromatic N) is 1. The standard InChI is InChI=1S/C25H28N2O6/c1-2-7-21(23(29)27-13-15(28)12-22(27)24(30)31)26-25(32)33-14-20-18-10-5-3-8-16(18)17-9-4-6-11-19(17)20/h3-6,8-11,15,20-22,28H,2,7,12-14H2,1H3,(H,26,32)(H,30,31)/t15-,21?,22-/m1/s1. The summed E-state index contributed by atoms with van der Waals surface area (Å²) >= 11 is 0. The summed E-state index contributed by atoms with van der Waals surface area (Å²) in [4.78, 5) is 38.3. The lowest BCUT2D eigenvalue weighted by atomic mass is 9.98. The highest BCUT2D eigenvalue weighted by molar-refractivity contribution is 5.90. The number of carbonyl (C=O) groups is 3. The Morgan fingerprint density at radius 2 is 1.70 bits per heavy atom. The predicted molar refractivity (Wildman–Crippen MR) is 121 cm³/mol. The number of hydrogen-bond donors (Lipinski definition) is 3. The number of nitrogens with one attached hydrogen (secondary N) is 1. The van der Waals surface area contributed by atoms with Crippen molar-refractivity contribution in [3.8, 4) is 11.1 Å². The zero-order chi connectivity index (χ0) is 23.5. The Hall–Kier alpha value is -3.39. The molecule has 174 valence electrons. The molecule has 4 rings (SSSR count). The first-order valence-corrected chi connectivity index (χ1v) is 11.2. The fourth-order valence-corrected chi connectivity index (χ4v) is 4.82. The predicted octanol–water partition coefficient (Wildman–Crippen LogP) is 2.74. The Labute approximate surface area is 192 Å². The number of aliphatic carboxylic acids is 1. The first-order valence-electron chi connectivity index (χ1n) is 11.2. The molecular weight excluding hydrogens is 424 g/mol. The van der Waals surface area contributed by atoms with Gasteiger partial charge in [0.15, 0.2) is 0 Å². The molecule has 1 aliphatic heterocycles. The zero-order valence-electron chi connectivity index (χ0n) is 18.4. The molecule has 2 aliphatic rings. The van der Waals surface area contributed by atoms with Crippen LogP contribution in [0.3, 0.4) is 0 Å². The van der Waals surface area contributed by atoms with Gasteiger partial charge < -0.3 is 25.2 Å². The van der Waals surface area contributed by atoms with E-state index in [1.165, 1.54) is 0 Å². The van der Waals surface area contributed by atoms with Crippen molar-refractivity contribution in [2.24, 2.45) is 0 Å². The van der Waals surface area contributed by atoms with Gasteiger partial charge in [0.25, 0.3) is 0 Å². The third-order valence-corrected chi connectivity index (χ3v) is 6.36. The van der Waals surface area contributed by atoms with E-state index in [2.05, 4.69) is 5.32 Å². The maximum atomic E-state index is 13.0. The SMILES string of the molecule is CCCC(NC(=O)OCC1c2ccccc2-c2ccccc21)C(=O)N1C[C@H](O)C[C@@H]1C(=O)O. The number of rotatable bonds is 7. The normalized spacial score (nSPS) is 20.1. The smallest absolute Gasteiger partial charge is 0.407 e. The van der Waals surface area contributed by atoms with E-state index >= 15 is 0 Å². The average Bonchev–Trinajstić information content (AvgIpc) is 3.35. The first-order chi connectivity index (χ1) is 15.9. The van der Waals surface area contributed by atoms with E-state index in [1.54, 1.807) is 0 Å². The van der Waals surface area contributed by atoms with Crippen molar-refractivity contribution in [3.05, 3.63) is 59.7 Å². The van der Waals surface area contributed by atoms with Gasteiger partial charge in [0.05, 0.1) is 6.10 Å². The number of amides is 2. The Balaban J connectivity index is 1.43. The van der Waals surface area contributed by atoms with E-state index in [0.717, 1.165) is 27.2 Å². The van der Waals surface area contributed by atoms with Crippen molar-refractivity contribution in [2.45, 2.75) is 50.3 Å². The molecule has 8 nitrogen and oxygen atoms in total. The van der Waals surface area contributed by atoms with Crippen molar-refractivity contribution in [2.75, 3.05) is 13.2 Å². The maximum absolute atomic E-state index is 13.0. The number of benzene rings is 2. The zero-order valence-corrected chi connectivity index (χ0v) is 18.4. The number of carboxylic acids is 1. The maximum Gasteiger partial charge on any atom is 0.407 e. The van der Waals surface area contributed by atoms with Gasteiger partial charge in [-0.25, -0.2) is 9.59 Å². The number of β-amino-alcohol motifs (C(OH)–C–C–N with tert-alkyl or cyclic N) is 1. The van der Waals surface area contributed by atoms with Crippen LogP contribution in [0.5, 0.6) is 0 Å². The van der Waals surface area contributed by atoms with Gasteiger partial charge in [-0.05, 0) is 28.7 Å². The number of carbonyl (C=O) groups excluding carboxylic acids is 2. The third-order valence-electron chi connectivity index (χ3n) is 6.36. The van der Waals surface area contributed by atoms with E-state index < -0.39 is 36.2 Å². The molecule has 2 aromatic rings. The Bertz CT molecular complexity index is 1010. The molecule has 1 fully saturated rings. The summed E-state index contributed by atoms with van der Waals surface area (Å²) in [5.74, 6) is -1.79. The summed E-state index contributed by atoms with van der Waals surface area (Å²) in [6.07, 6.45) is -0.705. The third kappa shape index (κ3) is 4.57. The highest BCUT2D eigenvalue weighted by atomic mass is 16.5. The molecule has 8 heteroatoms. The monoisotopic (exact) mass is 452 g/mol. The highest BCUT2D eigenvalue weighted by Gasteiger charge is 2.41. The molecule has 1 heterocycles. The largest absolute Gasteiger partial charge is 0.480 e. The van der Waals surface area contributed by atoms with Gasteiger partial charge >= 0.3 is 12.1 Å². The van der Waals surface area contributed by atoms with Crippen LogP contribution in [0.25, 0.3) is 11.1 Å². The molecule has 1 saturated heterocycles. The lowest BCUT2D eigenvalue weighted by molar-refractivity contribution is -0.149. The van der Waals surface area contributed by atoms with Crippen molar-refractivity contribution in [1.82, 2.24) is 10.2 Å². The second-order valence-corrected chi connectivity index (χ2v) is 8.55. The van der Waals surface area contributed by atoms with Crippen LogP contribution in [0, 0.1) is 0 Å². The Kier molecular flexibility index (Phi) is 6.65. The lowest BCUT2D eigenvalue weighted by Crippen LogP contribution is -2.52. The molecule has 2 amide bonds. The summed E-state index contributed by atoms with van der Waals surface area (Å²) in [6.45, 7) is 1.92. The summed E-state index contributed by atoms with van der Waals surface area (Å²) in [5.41, 5.74) is 4.41. The van der Waals surface area contributed by atoms with Gasteiger partial charge in [-0.1, -0.05) is 61.9 Å². The van der Waals surface area contributed by atoms with Gasteiger partial charge in [0.1, 0.15) is 18.7 Å². The van der Waals surface area contributed by atoms with Gasteiger partial charge in [-0.15, -0.1) is 0 Å². The minimum Gasteiger partial charge on any atom is -0.480 e. The van der Waals surface area contributed by atoms with Crippen LogP contribution < -0.4 is 5.32 Å². The molecule has 2 aromatic carbocycles. The van der Waals surface area contributed by atoms with E-state index in [9.17, 15) is 24.6 Å². The van der Waals surface area contributed by atoms with Crippen molar-refractivity contribution in [1.29, 1.82) is 0 Å². The average molecular weight is 453 g/mol. The molecule has 33 heavy (non-hydrogen) atoms. The van der Waals surface area contributed by atoms with Crippen LogP contribution in [-0.4, -0.2) is 64.4 Å². The van der Waals surface area contributed by atoms with E-state index in [-0.39, 0.29) is 25.5 Å². The minimum atomic E-state index is -1.17. The first kappa shape index (κ1) is 22.8. The summed E-state index contributed by atoms with van der Waals surface area (Å²) < 4.78 is 5.54. The second-order valence-electron chi connectivity index (χ2n) is 8.55. The molecule has 3 N–H and O–H groups in total. The Morgan fingerprint density at radius 3 is 2.27 bits per heavy atom. The van der Waals surface area contributed by atoms with Gasteiger partial charge in [0, 0.05) is 18.9 Å². The topological polar surface area (TPSA) is 116 Å². The van der Waals surface area contributed by atoms with E-state index in [0.29, 0.717) is 12.8 Å². The number of aliphatic hydroxyl groups excluding tert-OH is 1. The quantitative estimate of drug-likeness (QED) is 0.595. The Morgan fingerprint density at radius 1 is 1.09 bits per heavy atom. The van der Waals surface area contributed by atoms with Crippen LogP contribution in [0.4, 0.5) is 4.79 Å². The number of carboxylic acid groups (broad SMARTS) is 1. The number of hydrogen-bond acceptors (Lipinski definition) is 5. The van der Waals surface area contributed by atoms with Crippen molar-refractivity contribution in [3.63, 3.8) is 0 Å². The number of aliphatic hydroxyl groups is 1. The molecule has 0 saturated carbocycles. The highest BCUT2D eigenvalue weighted by Crippen LogP contribution is 2.44. The summed E-state index contributed by atoms with van der Waals surface area (Å²) in [7, 11) is 0. The number of alkyl carbamates (subject to hydrolysis) is 1. The number of likely N-dealkylation sites (tertiary alicyclic amines) is 1. The molecule has 1 unspecified atom stereocenters. The van der Waals surface area contributed by atoms with E-state index in [4.69, 9.17) is 4.74 Å². The van der Waals surface area contributed by atoms with Gasteiger partial charge in [0.2, 0.25) is 5.91 Å². The van der Waals surface area contributed by atoms with Gasteiger partial charge in [-0.2, -0.15) is 0 Å². The van der Waals surface area contributed by atoms with Crippen LogP contribution in [0.15, 0.2) is 48.5 Å². The second kappa shape index (κ2) is 9.62. The van der Waals surface area contributed by atoms with Gasteiger partial charge in [-0.3, -0.25) is 4.79 Å². The fourth-order valence-electron chi connectivity index (χ4n) is 4.82. The molecule has 0 aromatic heterocycles. The minimum absolute atomic E-state index is 0.0230. The van der Waals surface area contributed by atoms with Crippen LogP contribution >= 0.6 is 0 Å². The molecule has 0 spiro atoms. The molecular formula is C25H28N2O6. The van der Waals surface area contributed by atoms with Crippen molar-refractivity contribution < 1.29 is 29.3 Å². The van der Waals surface area contributed by atoms with Crippen LogP contribution in [0.2, 0.25) is 0 Å². The van der Waals surface area contributed by atoms with Crippen molar-refractivity contribution >= 4 is 18.0 Å². The van der Waals surface area contributed by atoms with Crippen LogP contribution in [0.1, 0.15) is 43.2 Å². The lowest BCUT2D eigenvalue weighted by Gasteiger charge is -2.27. The van der Waals surface area contributed by atoms with E-state index in [1.807, 2.05) is 55.5 Å². The summed E-state index contributed by atoms with van der Waals surface area (Å²) in [5, 5.41) is 21.9. The number of ether oxygens (including phenoxy) is 1. The molecule has 1 aliphatic carbocycles. The number of fused-ring (bicyclic) bond motifs is 3.